The fourth-order valence-electron chi connectivity index (χ4n) is 4.81. The number of Topliss-reactive ketones (excluding diaryl/α,β-unsaturated/α-hetero) is 1. The lowest BCUT2D eigenvalue weighted by molar-refractivity contribution is -0.155. The zero-order chi connectivity index (χ0) is 25.9. The van der Waals surface area contributed by atoms with Crippen LogP contribution < -0.4 is 0 Å². The van der Waals surface area contributed by atoms with Gasteiger partial charge in [-0.2, -0.15) is 0 Å². The molecule has 0 bridgehead atoms. The minimum absolute atomic E-state index is 0.0574. The van der Waals surface area contributed by atoms with Gasteiger partial charge in [-0.3, -0.25) is 9.59 Å². The highest BCUT2D eigenvalue weighted by molar-refractivity contribution is 5.88. The standard InChI is InChI=1S/C28H39NO6/c1-16-8-7-9-17(2)26(32)18(3)27(33)28(5,6)24(30)15-25(31)35-22(12-10-16)20-11-13-23-21(14-20)29-19(4)34-23/h10-11,13-14,17-18,22,24,26,30,32H,7-9,12,15H2,1-6H3/b16-10-/t17?,18?,22-,24?,26-/m0/s1. The van der Waals surface area contributed by atoms with Crippen molar-refractivity contribution in [2.24, 2.45) is 17.3 Å². The minimum atomic E-state index is -1.24. The number of cyclic esters (lactones) is 1. The SMILES string of the molecule is C/C1=C/C[C@@H](c2ccc3oc(C)nc3c2)OC(=O)CC(O)C(C)(C)C(=O)C(C)[C@@H](O)C(C)CCC1. The number of aromatic nitrogens is 1. The minimum Gasteiger partial charge on any atom is -0.457 e. The van der Waals surface area contributed by atoms with E-state index in [2.05, 4.69) is 11.1 Å². The topological polar surface area (TPSA) is 110 Å². The normalized spacial score (nSPS) is 31.1. The molecule has 192 valence electrons. The van der Waals surface area contributed by atoms with Gasteiger partial charge in [-0.25, -0.2) is 4.98 Å². The van der Waals surface area contributed by atoms with Gasteiger partial charge in [0.1, 0.15) is 17.4 Å². The van der Waals surface area contributed by atoms with E-state index in [0.717, 1.165) is 24.8 Å². The van der Waals surface area contributed by atoms with E-state index in [0.29, 0.717) is 23.4 Å². The van der Waals surface area contributed by atoms with Gasteiger partial charge in [0.05, 0.1) is 24.0 Å². The van der Waals surface area contributed by atoms with E-state index in [1.54, 1.807) is 27.7 Å². The molecule has 0 amide bonds. The molecule has 0 fully saturated rings. The zero-order valence-corrected chi connectivity index (χ0v) is 21.7. The lowest BCUT2D eigenvalue weighted by Gasteiger charge is -2.34. The summed E-state index contributed by atoms with van der Waals surface area (Å²) in [5.41, 5.74) is 2.11. The summed E-state index contributed by atoms with van der Waals surface area (Å²) in [5.74, 6) is -0.992. The Morgan fingerprint density at radius 2 is 1.83 bits per heavy atom. The van der Waals surface area contributed by atoms with Crippen LogP contribution in [0.15, 0.2) is 34.3 Å². The van der Waals surface area contributed by atoms with E-state index in [-0.39, 0.29) is 18.1 Å². The third kappa shape index (κ3) is 6.39. The molecule has 1 aliphatic rings. The second kappa shape index (κ2) is 11.0. The van der Waals surface area contributed by atoms with Crippen molar-refractivity contribution in [2.75, 3.05) is 0 Å². The van der Waals surface area contributed by atoms with Crippen molar-refractivity contribution in [1.82, 2.24) is 4.98 Å². The number of nitrogens with zero attached hydrogens (tertiary/aromatic N) is 1. The number of benzene rings is 1. The van der Waals surface area contributed by atoms with E-state index in [4.69, 9.17) is 9.15 Å². The Labute approximate surface area is 207 Å². The molecular weight excluding hydrogens is 446 g/mol. The van der Waals surface area contributed by atoms with Gasteiger partial charge in [0.2, 0.25) is 0 Å². The molecule has 0 saturated heterocycles. The molecule has 7 nitrogen and oxygen atoms in total. The van der Waals surface area contributed by atoms with E-state index in [1.807, 2.05) is 32.0 Å². The molecular formula is C28H39NO6. The highest BCUT2D eigenvalue weighted by Crippen LogP contribution is 2.33. The molecule has 0 saturated carbocycles. The summed E-state index contributed by atoms with van der Waals surface area (Å²) in [5, 5.41) is 21.6. The molecule has 1 aromatic heterocycles. The molecule has 3 rings (SSSR count). The number of esters is 1. The number of allylic oxidation sites excluding steroid dienone is 1. The summed E-state index contributed by atoms with van der Waals surface area (Å²) in [6, 6.07) is 5.54. The average molecular weight is 486 g/mol. The Balaban J connectivity index is 1.91. The van der Waals surface area contributed by atoms with Crippen molar-refractivity contribution in [3.8, 4) is 0 Å². The van der Waals surface area contributed by atoms with Crippen LogP contribution in [0.5, 0.6) is 0 Å². The summed E-state index contributed by atoms with van der Waals surface area (Å²) in [7, 11) is 0. The first-order valence-corrected chi connectivity index (χ1v) is 12.5. The second-order valence-electron chi connectivity index (χ2n) is 10.7. The zero-order valence-electron chi connectivity index (χ0n) is 21.7. The van der Waals surface area contributed by atoms with Crippen LogP contribution in [0.4, 0.5) is 0 Å². The lowest BCUT2D eigenvalue weighted by Crippen LogP contribution is -2.45. The smallest absolute Gasteiger partial charge is 0.309 e. The third-order valence-corrected chi connectivity index (χ3v) is 7.41. The van der Waals surface area contributed by atoms with Crippen molar-refractivity contribution in [3.63, 3.8) is 0 Å². The molecule has 0 spiro atoms. The molecule has 7 heteroatoms. The number of ketones is 1. The first-order chi connectivity index (χ1) is 16.4. The number of carbonyl (C=O) groups is 2. The number of rotatable bonds is 1. The summed E-state index contributed by atoms with van der Waals surface area (Å²) in [4.78, 5) is 30.5. The van der Waals surface area contributed by atoms with E-state index in [9.17, 15) is 19.8 Å². The quantitative estimate of drug-likeness (QED) is 0.421. The number of oxazole rings is 1. The van der Waals surface area contributed by atoms with E-state index in [1.165, 1.54) is 5.57 Å². The summed E-state index contributed by atoms with van der Waals surface area (Å²) in [6.45, 7) is 10.7. The maximum atomic E-state index is 13.2. The van der Waals surface area contributed by atoms with Crippen molar-refractivity contribution in [3.05, 3.63) is 41.3 Å². The fraction of sp³-hybridized carbons (Fsp3) is 0.607. The van der Waals surface area contributed by atoms with Gasteiger partial charge < -0.3 is 19.4 Å². The van der Waals surface area contributed by atoms with Gasteiger partial charge in [0.25, 0.3) is 0 Å². The number of ether oxygens (including phenoxy) is 1. The van der Waals surface area contributed by atoms with E-state index >= 15 is 0 Å². The van der Waals surface area contributed by atoms with Crippen LogP contribution in [0.25, 0.3) is 11.1 Å². The molecule has 1 aromatic carbocycles. The van der Waals surface area contributed by atoms with Crippen molar-refractivity contribution >= 4 is 22.9 Å². The number of carbonyl (C=O) groups excluding carboxylic acids is 2. The number of aliphatic hydroxyl groups excluding tert-OH is 2. The maximum absolute atomic E-state index is 13.2. The third-order valence-electron chi connectivity index (χ3n) is 7.41. The first-order valence-electron chi connectivity index (χ1n) is 12.5. The Bertz CT molecular complexity index is 1080. The first kappa shape index (κ1) is 27.1. The van der Waals surface area contributed by atoms with Crippen molar-refractivity contribution in [2.45, 2.75) is 92.0 Å². The highest BCUT2D eigenvalue weighted by atomic mass is 16.5. The predicted octanol–water partition coefficient (Wildman–Crippen LogP) is 5.22. The van der Waals surface area contributed by atoms with Crippen LogP contribution in [0.1, 0.15) is 84.3 Å². The van der Waals surface area contributed by atoms with E-state index < -0.39 is 35.6 Å². The van der Waals surface area contributed by atoms with Crippen LogP contribution in [0.2, 0.25) is 0 Å². The second-order valence-corrected chi connectivity index (χ2v) is 10.7. The number of fused-ring (bicyclic) bond motifs is 1. The van der Waals surface area contributed by atoms with Gasteiger partial charge in [0, 0.05) is 19.3 Å². The number of hydrogen-bond acceptors (Lipinski definition) is 7. The molecule has 2 aromatic rings. The molecule has 0 aliphatic carbocycles. The molecule has 0 radical (unpaired) electrons. The molecule has 2 heterocycles. The van der Waals surface area contributed by atoms with Gasteiger partial charge in [-0.1, -0.05) is 45.4 Å². The summed E-state index contributed by atoms with van der Waals surface area (Å²) < 4.78 is 11.4. The molecule has 2 N–H and O–H groups in total. The van der Waals surface area contributed by atoms with Crippen LogP contribution in [0, 0.1) is 24.2 Å². The summed E-state index contributed by atoms with van der Waals surface area (Å²) >= 11 is 0. The predicted molar refractivity (Wildman–Crippen MR) is 134 cm³/mol. The molecule has 35 heavy (non-hydrogen) atoms. The van der Waals surface area contributed by atoms with Crippen LogP contribution in [0.3, 0.4) is 0 Å². The molecule has 3 unspecified atom stereocenters. The average Bonchev–Trinajstić information content (AvgIpc) is 3.18. The number of aryl methyl sites for hydroxylation is 1. The van der Waals surface area contributed by atoms with Crippen molar-refractivity contribution in [1.29, 1.82) is 0 Å². The Hall–Kier alpha value is -2.51. The highest BCUT2D eigenvalue weighted by Gasteiger charge is 2.42. The largest absolute Gasteiger partial charge is 0.457 e. The monoisotopic (exact) mass is 485 g/mol. The van der Waals surface area contributed by atoms with Gasteiger partial charge in [-0.15, -0.1) is 0 Å². The van der Waals surface area contributed by atoms with Crippen molar-refractivity contribution < 1.29 is 29.0 Å². The maximum Gasteiger partial charge on any atom is 0.309 e. The van der Waals surface area contributed by atoms with Gasteiger partial charge >= 0.3 is 5.97 Å². The Kier molecular flexibility index (Phi) is 8.54. The van der Waals surface area contributed by atoms with Crippen LogP contribution in [-0.4, -0.2) is 39.2 Å². The number of aliphatic hydroxyl groups is 2. The van der Waals surface area contributed by atoms with Gasteiger partial charge in [0.15, 0.2) is 11.5 Å². The Morgan fingerprint density at radius 3 is 2.54 bits per heavy atom. The Morgan fingerprint density at radius 1 is 1.11 bits per heavy atom. The summed E-state index contributed by atoms with van der Waals surface area (Å²) in [6.07, 6.45) is 2.15. The fourth-order valence-corrected chi connectivity index (χ4v) is 4.81. The molecule has 1 aliphatic heterocycles. The molecule has 5 atom stereocenters. The van der Waals surface area contributed by atoms with Gasteiger partial charge in [-0.05, 0) is 49.8 Å². The van der Waals surface area contributed by atoms with Crippen LogP contribution in [-0.2, 0) is 14.3 Å². The lowest BCUT2D eigenvalue weighted by atomic mass is 9.73. The van der Waals surface area contributed by atoms with Crippen LogP contribution >= 0.6 is 0 Å². The number of hydrogen-bond donors (Lipinski definition) is 2.